The molecule has 42 heavy (non-hydrogen) atoms. The number of aryl methyl sites for hydroxylation is 1. The van der Waals surface area contributed by atoms with Crippen LogP contribution in [-0.4, -0.2) is 38.1 Å². The van der Waals surface area contributed by atoms with Crippen LogP contribution < -0.4 is 14.8 Å². The number of hydrogen-bond acceptors (Lipinski definition) is 8. The third kappa shape index (κ3) is 7.54. The van der Waals surface area contributed by atoms with Gasteiger partial charge in [0, 0.05) is 35.9 Å². The van der Waals surface area contributed by atoms with E-state index in [1.54, 1.807) is 7.11 Å². The number of pyridine rings is 1. The van der Waals surface area contributed by atoms with Crippen molar-refractivity contribution in [2.24, 2.45) is 0 Å². The maximum absolute atomic E-state index is 12.7. The third-order valence-electron chi connectivity index (χ3n) is 6.14. The average Bonchev–Trinajstić information content (AvgIpc) is 2.97. The molecule has 2 N–H and O–H groups in total. The van der Waals surface area contributed by atoms with E-state index in [2.05, 4.69) is 11.4 Å². The number of aromatic nitrogens is 1. The molecule has 11 heteroatoms. The summed E-state index contributed by atoms with van der Waals surface area (Å²) in [7, 11) is -2.36. The molecule has 0 atom stereocenters. The Balaban J connectivity index is 1.52. The number of sulfonamides is 1. The molecular formula is C31H28N4O5S2. The molecule has 3 aromatic carbocycles. The first-order valence-corrected chi connectivity index (χ1v) is 15.3. The summed E-state index contributed by atoms with van der Waals surface area (Å²) >= 11 is 1.31. The van der Waals surface area contributed by atoms with Gasteiger partial charge in [-0.15, -0.1) is 11.8 Å². The Morgan fingerprint density at radius 2 is 1.62 bits per heavy atom. The number of anilines is 1. The van der Waals surface area contributed by atoms with Gasteiger partial charge in [-0.1, -0.05) is 29.8 Å². The van der Waals surface area contributed by atoms with Crippen molar-refractivity contribution >= 4 is 39.3 Å². The molecule has 2 amide bonds. The number of nitriles is 1. The molecule has 9 nitrogen and oxygen atoms in total. The summed E-state index contributed by atoms with van der Waals surface area (Å²) in [6, 6.07) is 25.1. The van der Waals surface area contributed by atoms with Crippen LogP contribution in [0.3, 0.4) is 0 Å². The van der Waals surface area contributed by atoms with E-state index >= 15 is 0 Å². The van der Waals surface area contributed by atoms with Crippen molar-refractivity contribution in [1.29, 1.82) is 5.26 Å². The second-order valence-corrected chi connectivity index (χ2v) is 12.0. The van der Waals surface area contributed by atoms with Gasteiger partial charge in [-0.05, 0) is 67.1 Å². The highest BCUT2D eigenvalue weighted by Gasteiger charge is 2.18. The van der Waals surface area contributed by atoms with Crippen molar-refractivity contribution in [3.8, 4) is 34.2 Å². The minimum atomic E-state index is -3.96. The quantitative estimate of drug-likeness (QED) is 0.226. The van der Waals surface area contributed by atoms with Gasteiger partial charge in [-0.2, -0.15) is 5.26 Å². The van der Waals surface area contributed by atoms with Crippen LogP contribution in [0.2, 0.25) is 0 Å². The smallest absolute Gasteiger partial charge is 0.264 e. The molecule has 0 unspecified atom stereocenters. The summed E-state index contributed by atoms with van der Waals surface area (Å²) in [5, 5.41) is 13.4. The Labute approximate surface area is 249 Å². The lowest BCUT2D eigenvalue weighted by molar-refractivity contribution is -0.117. The lowest BCUT2D eigenvalue weighted by Gasteiger charge is -2.13. The molecule has 0 fully saturated rings. The number of thioether (sulfide) groups is 1. The zero-order valence-corrected chi connectivity index (χ0v) is 24.8. The molecule has 0 saturated heterocycles. The summed E-state index contributed by atoms with van der Waals surface area (Å²) in [5.74, 6) is 0.0841. The van der Waals surface area contributed by atoms with Gasteiger partial charge in [0.15, 0.2) is 0 Å². The number of nitrogens with one attached hydrogen (secondary N) is 2. The number of ether oxygens (including phenoxy) is 1. The number of nitrogens with zero attached hydrogens (tertiary/aromatic N) is 2. The largest absolute Gasteiger partial charge is 0.497 e. The molecular weight excluding hydrogens is 572 g/mol. The molecule has 0 saturated carbocycles. The summed E-state index contributed by atoms with van der Waals surface area (Å²) in [4.78, 5) is 28.5. The maximum Gasteiger partial charge on any atom is 0.264 e. The fourth-order valence-electron chi connectivity index (χ4n) is 4.03. The van der Waals surface area contributed by atoms with Gasteiger partial charge in [0.25, 0.3) is 10.0 Å². The van der Waals surface area contributed by atoms with Crippen molar-refractivity contribution in [1.82, 2.24) is 9.71 Å². The number of carbonyl (C=O) groups is 2. The zero-order valence-electron chi connectivity index (χ0n) is 23.2. The highest BCUT2D eigenvalue weighted by atomic mass is 32.2. The van der Waals surface area contributed by atoms with Crippen molar-refractivity contribution in [3.63, 3.8) is 0 Å². The number of hydrogen-bond donors (Lipinski definition) is 2. The number of rotatable bonds is 10. The number of amides is 2. The van der Waals surface area contributed by atoms with E-state index in [0.29, 0.717) is 27.7 Å². The number of benzene rings is 3. The Bertz CT molecular complexity index is 1750. The first-order chi connectivity index (χ1) is 20.1. The van der Waals surface area contributed by atoms with E-state index in [4.69, 9.17) is 9.72 Å². The summed E-state index contributed by atoms with van der Waals surface area (Å²) in [6.07, 6.45) is 0.121. The van der Waals surface area contributed by atoms with E-state index in [0.717, 1.165) is 34.9 Å². The van der Waals surface area contributed by atoms with Crippen molar-refractivity contribution < 1.29 is 22.7 Å². The minimum Gasteiger partial charge on any atom is -0.497 e. The third-order valence-corrected chi connectivity index (χ3v) is 8.57. The predicted molar refractivity (Wildman–Crippen MR) is 163 cm³/mol. The normalized spacial score (nSPS) is 10.9. The molecule has 0 spiro atoms. The molecule has 214 valence electrons. The standard InChI is InChI=1S/C31H28N4O5S2/c1-20-4-6-22(7-5-20)27-18-29(23-8-12-25(40-3)13-9-23)34-31(28(27)19-32)41-17-16-30(37)33-24-10-14-26(15-11-24)42(38,39)35-21(2)36/h4-15,18H,16-17H2,1-3H3,(H,33,37)(H,35,36). The number of carbonyl (C=O) groups excluding carboxylic acids is 2. The molecule has 1 aromatic heterocycles. The fraction of sp³-hybridized carbons (Fsp3) is 0.161. The van der Waals surface area contributed by atoms with Crippen LogP contribution in [-0.2, 0) is 19.6 Å². The van der Waals surface area contributed by atoms with Gasteiger partial charge in [0.2, 0.25) is 11.8 Å². The van der Waals surface area contributed by atoms with Crippen LogP contribution >= 0.6 is 11.8 Å². The van der Waals surface area contributed by atoms with Crippen LogP contribution in [0.15, 0.2) is 88.8 Å². The van der Waals surface area contributed by atoms with Gasteiger partial charge < -0.3 is 10.1 Å². The van der Waals surface area contributed by atoms with Crippen LogP contribution in [0.25, 0.3) is 22.4 Å². The van der Waals surface area contributed by atoms with Gasteiger partial charge in [0.05, 0.1) is 23.3 Å². The molecule has 0 aliphatic rings. The van der Waals surface area contributed by atoms with E-state index in [9.17, 15) is 23.3 Å². The van der Waals surface area contributed by atoms with E-state index in [1.165, 1.54) is 36.0 Å². The topological polar surface area (TPSA) is 138 Å². The highest BCUT2D eigenvalue weighted by Crippen LogP contribution is 2.35. The predicted octanol–water partition coefficient (Wildman–Crippen LogP) is 5.55. The number of methoxy groups -OCH3 is 1. The maximum atomic E-state index is 12.7. The molecule has 0 radical (unpaired) electrons. The zero-order chi connectivity index (χ0) is 30.3. The van der Waals surface area contributed by atoms with Crippen molar-refractivity contribution in [3.05, 3.63) is 90.0 Å². The van der Waals surface area contributed by atoms with Crippen LogP contribution in [0.1, 0.15) is 24.5 Å². The van der Waals surface area contributed by atoms with Crippen LogP contribution in [0.5, 0.6) is 5.75 Å². The van der Waals surface area contributed by atoms with Crippen molar-refractivity contribution in [2.45, 2.75) is 30.2 Å². The van der Waals surface area contributed by atoms with E-state index in [1.807, 2.05) is 66.2 Å². The monoisotopic (exact) mass is 600 g/mol. The molecule has 0 bridgehead atoms. The second kappa shape index (κ2) is 13.3. The SMILES string of the molecule is COc1ccc(-c2cc(-c3ccc(C)cc3)c(C#N)c(SCCC(=O)Nc3ccc(S(=O)(=O)NC(C)=O)cc3)n2)cc1. The second-order valence-electron chi connectivity index (χ2n) is 9.27. The average molecular weight is 601 g/mol. The molecule has 0 aliphatic carbocycles. The molecule has 1 heterocycles. The molecule has 4 rings (SSSR count). The van der Waals surface area contributed by atoms with Gasteiger partial charge in [-0.3, -0.25) is 9.59 Å². The molecule has 4 aromatic rings. The fourth-order valence-corrected chi connectivity index (χ4v) is 5.97. The lowest BCUT2D eigenvalue weighted by atomic mass is 9.98. The minimum absolute atomic E-state index is 0.0949. The Hall–Kier alpha value is -4.66. The van der Waals surface area contributed by atoms with Gasteiger partial charge in [0.1, 0.15) is 16.8 Å². The summed E-state index contributed by atoms with van der Waals surface area (Å²) < 4.78 is 31.4. The van der Waals surface area contributed by atoms with E-state index < -0.39 is 15.9 Å². The first-order valence-electron chi connectivity index (χ1n) is 12.8. The van der Waals surface area contributed by atoms with Crippen LogP contribution in [0.4, 0.5) is 5.69 Å². The lowest BCUT2D eigenvalue weighted by Crippen LogP contribution is -2.28. The Morgan fingerprint density at radius 1 is 0.976 bits per heavy atom. The van der Waals surface area contributed by atoms with Gasteiger partial charge in [-0.25, -0.2) is 18.1 Å². The summed E-state index contributed by atoms with van der Waals surface area (Å²) in [5.41, 5.74) is 5.12. The van der Waals surface area contributed by atoms with Crippen LogP contribution in [0, 0.1) is 18.3 Å². The Kier molecular flexibility index (Phi) is 9.62. The first kappa shape index (κ1) is 30.3. The van der Waals surface area contributed by atoms with Crippen molar-refractivity contribution in [2.75, 3.05) is 18.2 Å². The highest BCUT2D eigenvalue weighted by molar-refractivity contribution is 7.99. The summed E-state index contributed by atoms with van der Waals surface area (Å²) in [6.45, 7) is 3.11. The van der Waals surface area contributed by atoms with Gasteiger partial charge >= 0.3 is 0 Å². The van der Waals surface area contributed by atoms with E-state index in [-0.39, 0.29) is 17.2 Å². The molecule has 0 aliphatic heterocycles. The Morgan fingerprint density at radius 3 is 2.21 bits per heavy atom.